The number of nitriles is 1. The van der Waals surface area contributed by atoms with Crippen LogP contribution in [0.2, 0.25) is 0 Å². The molecule has 1 unspecified atom stereocenters. The lowest BCUT2D eigenvalue weighted by Crippen LogP contribution is -2.37. The maximum Gasteiger partial charge on any atom is 0.513 e. The summed E-state index contributed by atoms with van der Waals surface area (Å²) < 4.78 is 53.0. The molecule has 0 amide bonds. The Morgan fingerprint density at radius 1 is 1.24 bits per heavy atom. The van der Waals surface area contributed by atoms with Crippen molar-refractivity contribution in [3.05, 3.63) is 99.8 Å². The highest BCUT2D eigenvalue weighted by Gasteiger charge is 2.40. The number of nitrogens with zero attached hydrogens (tertiary/aromatic N) is 5. The van der Waals surface area contributed by atoms with Gasteiger partial charge < -0.3 is 9.47 Å². The molecule has 2 heterocycles. The Morgan fingerprint density at radius 3 is 2.54 bits per heavy atom. The second-order valence-corrected chi connectivity index (χ2v) is 7.95. The lowest BCUT2D eigenvalue weighted by molar-refractivity contribution is -0.137. The smallest absolute Gasteiger partial charge is 0.437 e. The van der Waals surface area contributed by atoms with Gasteiger partial charge in [-0.1, -0.05) is 24.3 Å². The first-order valence-electron chi connectivity index (χ1n) is 10.8. The molecule has 37 heavy (non-hydrogen) atoms. The number of ether oxygens (including phenoxy) is 2. The molecule has 1 aliphatic heterocycles. The minimum atomic E-state index is -4.62. The number of alkyl halides is 3. The molecular formula is C25H20F3N5O4. The summed E-state index contributed by atoms with van der Waals surface area (Å²) >= 11 is 0. The molecule has 0 saturated heterocycles. The van der Waals surface area contributed by atoms with Crippen LogP contribution in [-0.2, 0) is 22.2 Å². The summed E-state index contributed by atoms with van der Waals surface area (Å²) in [4.78, 5) is 27.0. The van der Waals surface area contributed by atoms with Gasteiger partial charge in [0.25, 0.3) is 0 Å². The molecule has 0 bridgehead atoms. The number of allylic oxidation sites excluding steroid dienone is 3. The second-order valence-electron chi connectivity index (χ2n) is 7.95. The number of rotatable bonds is 5. The molecule has 0 N–H and O–H groups in total. The molecule has 9 nitrogen and oxygen atoms in total. The first-order chi connectivity index (χ1) is 17.6. The monoisotopic (exact) mass is 511 g/mol. The molecule has 2 aromatic carbocycles. The Balaban J connectivity index is 2.03. The molecule has 0 aliphatic carbocycles. The predicted octanol–water partition coefficient (Wildman–Crippen LogP) is 4.88. The number of hydrogen-bond donors (Lipinski definition) is 0. The van der Waals surface area contributed by atoms with Crippen molar-refractivity contribution in [1.29, 1.82) is 5.26 Å². The van der Waals surface area contributed by atoms with Gasteiger partial charge in [-0.3, -0.25) is 4.90 Å². The minimum Gasteiger partial charge on any atom is -0.437 e. The largest absolute Gasteiger partial charge is 0.513 e. The Morgan fingerprint density at radius 2 is 1.95 bits per heavy atom. The van der Waals surface area contributed by atoms with Gasteiger partial charge in [0.05, 0.1) is 36.5 Å². The summed E-state index contributed by atoms with van der Waals surface area (Å²) in [6.07, 6.45) is -4.27. The summed E-state index contributed by atoms with van der Waals surface area (Å²) in [5.74, 6) is -0.0722. The molecule has 0 radical (unpaired) electrons. The van der Waals surface area contributed by atoms with Crippen LogP contribution in [0.4, 0.5) is 29.6 Å². The highest BCUT2D eigenvalue weighted by molar-refractivity contribution is 5.69. The van der Waals surface area contributed by atoms with E-state index in [1.807, 2.05) is 6.07 Å². The van der Waals surface area contributed by atoms with E-state index in [4.69, 9.17) is 4.74 Å². The van der Waals surface area contributed by atoms with Crippen LogP contribution in [0.3, 0.4) is 0 Å². The summed E-state index contributed by atoms with van der Waals surface area (Å²) in [5.41, 5.74) is -0.490. The first-order valence-corrected chi connectivity index (χ1v) is 10.8. The Bertz CT molecular complexity index is 1500. The van der Waals surface area contributed by atoms with Gasteiger partial charge in [0.2, 0.25) is 5.95 Å². The predicted molar refractivity (Wildman–Crippen MR) is 126 cm³/mol. The van der Waals surface area contributed by atoms with Crippen molar-refractivity contribution in [3.8, 4) is 6.07 Å². The fourth-order valence-electron chi connectivity index (χ4n) is 4.04. The number of aromatic nitrogens is 3. The average Bonchev–Trinajstić information content (AvgIpc) is 3.19. The van der Waals surface area contributed by atoms with Crippen molar-refractivity contribution in [2.24, 2.45) is 0 Å². The van der Waals surface area contributed by atoms with E-state index in [0.717, 1.165) is 23.9 Å². The van der Waals surface area contributed by atoms with Crippen LogP contribution < -0.4 is 10.6 Å². The number of halogens is 3. The molecule has 3 aromatic rings. The standard InChI is InChI=1S/C25H20F3N5O4/c1-4-12-31-23(34)33-20(17-10-8-16(14-29)9-11-17)21(37-24(35)36-3)15(2)32(22(33)30-31)19-7-5-6-18(13-19)25(26,27)28/h4-11,13,20H,1,12H2,2-3H3. The third kappa shape index (κ3) is 4.58. The number of hydrogen-bond acceptors (Lipinski definition) is 7. The molecule has 0 fully saturated rings. The summed E-state index contributed by atoms with van der Waals surface area (Å²) in [6.45, 7) is 5.16. The van der Waals surface area contributed by atoms with Crippen LogP contribution in [0.1, 0.15) is 29.7 Å². The third-order valence-electron chi connectivity index (χ3n) is 5.70. The van der Waals surface area contributed by atoms with E-state index in [2.05, 4.69) is 16.4 Å². The van der Waals surface area contributed by atoms with Crippen LogP contribution in [0, 0.1) is 11.3 Å². The van der Waals surface area contributed by atoms with Gasteiger partial charge >= 0.3 is 18.0 Å². The summed E-state index contributed by atoms with van der Waals surface area (Å²) in [7, 11) is 1.10. The fraction of sp³-hybridized carbons (Fsp3) is 0.200. The van der Waals surface area contributed by atoms with Crippen molar-refractivity contribution in [1.82, 2.24) is 14.3 Å². The number of fused-ring (bicyclic) bond motifs is 1. The zero-order valence-corrected chi connectivity index (χ0v) is 19.7. The fourth-order valence-corrected chi connectivity index (χ4v) is 4.04. The first kappa shape index (κ1) is 25.3. The summed E-state index contributed by atoms with van der Waals surface area (Å²) in [6, 6.07) is 11.6. The zero-order valence-electron chi connectivity index (χ0n) is 19.7. The number of carbonyl (C=O) groups excluding carboxylic acids is 1. The molecule has 190 valence electrons. The maximum atomic E-state index is 13.5. The number of benzene rings is 2. The highest BCUT2D eigenvalue weighted by atomic mass is 19.4. The van der Waals surface area contributed by atoms with E-state index in [9.17, 15) is 28.0 Å². The van der Waals surface area contributed by atoms with E-state index >= 15 is 0 Å². The van der Waals surface area contributed by atoms with Crippen LogP contribution in [0.5, 0.6) is 0 Å². The highest BCUT2D eigenvalue weighted by Crippen LogP contribution is 2.43. The van der Waals surface area contributed by atoms with Gasteiger partial charge in [-0.2, -0.15) is 18.4 Å². The Kier molecular flexibility index (Phi) is 6.63. The molecule has 0 saturated carbocycles. The number of methoxy groups -OCH3 is 1. The maximum absolute atomic E-state index is 13.5. The molecule has 0 spiro atoms. The number of anilines is 2. The lowest BCUT2D eigenvalue weighted by atomic mass is 10.00. The van der Waals surface area contributed by atoms with E-state index < -0.39 is 29.6 Å². The van der Waals surface area contributed by atoms with Crippen LogP contribution in [0.15, 0.2) is 77.4 Å². The lowest BCUT2D eigenvalue weighted by Gasteiger charge is -2.35. The van der Waals surface area contributed by atoms with Gasteiger partial charge in [0.15, 0.2) is 5.76 Å². The van der Waals surface area contributed by atoms with E-state index in [1.165, 1.54) is 46.7 Å². The topological polar surface area (TPSA) is 102 Å². The van der Waals surface area contributed by atoms with Crippen molar-refractivity contribution in [3.63, 3.8) is 0 Å². The van der Waals surface area contributed by atoms with Crippen molar-refractivity contribution in [2.45, 2.75) is 25.7 Å². The normalized spacial score (nSPS) is 15.1. The van der Waals surface area contributed by atoms with E-state index in [1.54, 1.807) is 12.1 Å². The van der Waals surface area contributed by atoms with E-state index in [-0.39, 0.29) is 29.6 Å². The Hall–Kier alpha value is -4.79. The average molecular weight is 511 g/mol. The zero-order chi connectivity index (χ0) is 26.9. The summed E-state index contributed by atoms with van der Waals surface area (Å²) in [5, 5.41) is 13.5. The molecule has 4 rings (SSSR count). The van der Waals surface area contributed by atoms with Gasteiger partial charge in [0, 0.05) is 5.69 Å². The molecule has 1 aromatic heterocycles. The van der Waals surface area contributed by atoms with Crippen molar-refractivity contribution >= 4 is 17.8 Å². The molecular weight excluding hydrogens is 491 g/mol. The van der Waals surface area contributed by atoms with Crippen LogP contribution in [0.25, 0.3) is 0 Å². The minimum absolute atomic E-state index is 0.00440. The van der Waals surface area contributed by atoms with E-state index in [0.29, 0.717) is 11.1 Å². The van der Waals surface area contributed by atoms with Gasteiger partial charge in [-0.15, -0.1) is 11.7 Å². The molecule has 12 heteroatoms. The third-order valence-corrected chi connectivity index (χ3v) is 5.70. The van der Waals surface area contributed by atoms with Gasteiger partial charge in [-0.25, -0.2) is 18.8 Å². The van der Waals surface area contributed by atoms with Gasteiger partial charge in [0.1, 0.15) is 6.04 Å². The molecule has 1 atom stereocenters. The Labute approximate surface area is 208 Å². The van der Waals surface area contributed by atoms with Crippen molar-refractivity contribution in [2.75, 3.05) is 12.0 Å². The number of carbonyl (C=O) groups is 1. The van der Waals surface area contributed by atoms with Crippen LogP contribution >= 0.6 is 0 Å². The second kappa shape index (κ2) is 9.69. The quantitative estimate of drug-likeness (QED) is 0.356. The SMILES string of the molecule is C=CCn1nc2n(c1=O)C(c1ccc(C#N)cc1)C(OC(=O)OC)=C(C)N2c1cccc(C(F)(F)F)c1. The molecule has 1 aliphatic rings. The van der Waals surface area contributed by atoms with Crippen LogP contribution in [-0.4, -0.2) is 27.6 Å². The van der Waals surface area contributed by atoms with Gasteiger partial charge in [-0.05, 0) is 42.8 Å². The van der Waals surface area contributed by atoms with Crippen molar-refractivity contribution < 1.29 is 27.4 Å².